The van der Waals surface area contributed by atoms with Gasteiger partial charge < -0.3 is 9.47 Å². The molecule has 0 unspecified atom stereocenters. The number of amides is 1. The summed E-state index contributed by atoms with van der Waals surface area (Å²) >= 11 is 4.39. The van der Waals surface area contributed by atoms with Crippen LogP contribution in [0.15, 0.2) is 40.9 Å². The molecule has 0 aliphatic rings. The number of nitrogens with zero attached hydrogens (tertiary/aromatic N) is 2. The van der Waals surface area contributed by atoms with Gasteiger partial charge >= 0.3 is 0 Å². The van der Waals surface area contributed by atoms with Gasteiger partial charge in [0.25, 0.3) is 5.91 Å². The normalized spacial score (nSPS) is 10.5. The fraction of sp³-hybridized carbons (Fsp3) is 0.118. The van der Waals surface area contributed by atoms with E-state index in [9.17, 15) is 9.18 Å². The van der Waals surface area contributed by atoms with Crippen molar-refractivity contribution in [3.8, 4) is 22.9 Å². The molecule has 0 saturated carbocycles. The number of methoxy groups -OCH3 is 2. The van der Waals surface area contributed by atoms with Crippen LogP contribution < -0.4 is 14.8 Å². The predicted octanol–water partition coefficient (Wildman–Crippen LogP) is 4.38. The number of rotatable bonds is 5. The van der Waals surface area contributed by atoms with Crippen molar-refractivity contribution in [3.05, 3.63) is 52.3 Å². The average molecular weight is 438 g/mol. The Balaban J connectivity index is 1.81. The molecular formula is C17H13BrFN3O3S. The van der Waals surface area contributed by atoms with Crippen molar-refractivity contribution in [1.82, 2.24) is 9.36 Å². The second kappa shape index (κ2) is 7.79. The zero-order chi connectivity index (χ0) is 18.7. The van der Waals surface area contributed by atoms with E-state index in [-0.39, 0.29) is 11.7 Å². The van der Waals surface area contributed by atoms with E-state index in [4.69, 9.17) is 9.47 Å². The van der Waals surface area contributed by atoms with Crippen LogP contribution in [0.3, 0.4) is 0 Å². The molecule has 3 rings (SSSR count). The van der Waals surface area contributed by atoms with Crippen molar-refractivity contribution < 1.29 is 18.7 Å². The van der Waals surface area contributed by atoms with E-state index in [0.29, 0.717) is 38.1 Å². The Hall–Kier alpha value is -2.52. The minimum atomic E-state index is -0.379. The van der Waals surface area contributed by atoms with E-state index in [2.05, 4.69) is 30.6 Å². The molecule has 0 bridgehead atoms. The van der Waals surface area contributed by atoms with Crippen LogP contribution in [0.25, 0.3) is 11.4 Å². The van der Waals surface area contributed by atoms with Crippen LogP contribution in [0.2, 0.25) is 0 Å². The Labute approximate surface area is 161 Å². The molecule has 0 aliphatic heterocycles. The number of ether oxygens (including phenoxy) is 2. The van der Waals surface area contributed by atoms with E-state index in [0.717, 1.165) is 11.5 Å². The standard InChI is InChI=1S/C17H13BrFN3O3S/c1-24-12-7-10(8-13(25-2)14(12)18)16(23)21-17-20-15(22-26-17)9-3-5-11(19)6-4-9/h3-8H,1-2H3,(H,20,21,22,23). The highest BCUT2D eigenvalue weighted by Gasteiger charge is 2.16. The van der Waals surface area contributed by atoms with Crippen molar-refractivity contribution in [2.45, 2.75) is 0 Å². The first-order chi connectivity index (χ1) is 12.5. The quantitative estimate of drug-likeness (QED) is 0.640. The van der Waals surface area contributed by atoms with Crippen LogP contribution in [-0.4, -0.2) is 29.5 Å². The Morgan fingerprint density at radius 2 is 1.77 bits per heavy atom. The summed E-state index contributed by atoms with van der Waals surface area (Å²) in [5.41, 5.74) is 1.01. The van der Waals surface area contributed by atoms with Crippen molar-refractivity contribution in [2.24, 2.45) is 0 Å². The Kier molecular flexibility index (Phi) is 5.48. The fourth-order valence-corrected chi connectivity index (χ4v) is 3.30. The van der Waals surface area contributed by atoms with E-state index >= 15 is 0 Å². The number of carbonyl (C=O) groups excluding carboxylic acids is 1. The summed E-state index contributed by atoms with van der Waals surface area (Å²) < 4.78 is 28.3. The first kappa shape index (κ1) is 18.3. The zero-order valence-electron chi connectivity index (χ0n) is 13.7. The molecule has 0 aliphatic carbocycles. The van der Waals surface area contributed by atoms with Gasteiger partial charge in [-0.25, -0.2) is 4.39 Å². The van der Waals surface area contributed by atoms with E-state index in [1.54, 1.807) is 24.3 Å². The number of aromatic nitrogens is 2. The van der Waals surface area contributed by atoms with E-state index in [1.807, 2.05) is 0 Å². The second-order valence-electron chi connectivity index (χ2n) is 5.08. The minimum absolute atomic E-state index is 0.329. The van der Waals surface area contributed by atoms with Crippen LogP contribution in [0.4, 0.5) is 9.52 Å². The molecule has 1 N–H and O–H groups in total. The van der Waals surface area contributed by atoms with Gasteiger partial charge in [0.15, 0.2) is 5.82 Å². The number of anilines is 1. The molecule has 0 radical (unpaired) electrons. The Bertz CT molecular complexity index is 922. The predicted molar refractivity (Wildman–Crippen MR) is 101 cm³/mol. The van der Waals surface area contributed by atoms with Gasteiger partial charge in [-0.05, 0) is 52.3 Å². The topological polar surface area (TPSA) is 73.3 Å². The van der Waals surface area contributed by atoms with Crippen LogP contribution in [-0.2, 0) is 0 Å². The van der Waals surface area contributed by atoms with Crippen molar-refractivity contribution >= 4 is 38.5 Å². The van der Waals surface area contributed by atoms with Gasteiger partial charge in [0, 0.05) is 22.7 Å². The van der Waals surface area contributed by atoms with Gasteiger partial charge in [0.2, 0.25) is 5.13 Å². The summed E-state index contributed by atoms with van der Waals surface area (Å²) in [4.78, 5) is 16.8. The molecule has 0 spiro atoms. The first-order valence-electron chi connectivity index (χ1n) is 7.34. The molecule has 2 aromatic carbocycles. The molecule has 6 nitrogen and oxygen atoms in total. The summed E-state index contributed by atoms with van der Waals surface area (Å²) in [5.74, 6) is 0.639. The van der Waals surface area contributed by atoms with Gasteiger partial charge in [-0.2, -0.15) is 9.36 Å². The largest absolute Gasteiger partial charge is 0.495 e. The third-order valence-corrected chi connectivity index (χ3v) is 4.87. The molecule has 134 valence electrons. The second-order valence-corrected chi connectivity index (χ2v) is 6.62. The zero-order valence-corrected chi connectivity index (χ0v) is 16.1. The van der Waals surface area contributed by atoms with Gasteiger partial charge in [-0.3, -0.25) is 10.1 Å². The van der Waals surface area contributed by atoms with Crippen molar-refractivity contribution in [3.63, 3.8) is 0 Å². The molecule has 0 fully saturated rings. The maximum atomic E-state index is 13.0. The highest BCUT2D eigenvalue weighted by molar-refractivity contribution is 9.10. The minimum Gasteiger partial charge on any atom is -0.495 e. The summed E-state index contributed by atoms with van der Waals surface area (Å²) in [5, 5.41) is 3.02. The number of nitrogens with one attached hydrogen (secondary N) is 1. The number of carbonyl (C=O) groups is 1. The summed E-state index contributed by atoms with van der Waals surface area (Å²) in [6, 6.07) is 8.98. The first-order valence-corrected chi connectivity index (χ1v) is 8.91. The SMILES string of the molecule is COc1cc(C(=O)Nc2nc(-c3ccc(F)cc3)ns2)cc(OC)c1Br. The highest BCUT2D eigenvalue weighted by atomic mass is 79.9. The van der Waals surface area contributed by atoms with Crippen molar-refractivity contribution in [2.75, 3.05) is 19.5 Å². The lowest BCUT2D eigenvalue weighted by Gasteiger charge is -2.11. The number of benzene rings is 2. The smallest absolute Gasteiger partial charge is 0.257 e. The monoisotopic (exact) mass is 437 g/mol. The molecule has 1 amide bonds. The Morgan fingerprint density at radius 1 is 1.15 bits per heavy atom. The molecule has 0 saturated heterocycles. The van der Waals surface area contributed by atoms with Crippen LogP contribution in [0.5, 0.6) is 11.5 Å². The summed E-state index contributed by atoms with van der Waals surface area (Å²) in [6.45, 7) is 0. The molecule has 9 heteroatoms. The van der Waals surface area contributed by atoms with Crippen LogP contribution in [0.1, 0.15) is 10.4 Å². The molecule has 1 heterocycles. The number of hydrogen-bond acceptors (Lipinski definition) is 6. The fourth-order valence-electron chi connectivity index (χ4n) is 2.16. The van der Waals surface area contributed by atoms with Gasteiger partial charge in [0.05, 0.1) is 14.2 Å². The van der Waals surface area contributed by atoms with Crippen LogP contribution >= 0.6 is 27.5 Å². The van der Waals surface area contributed by atoms with Gasteiger partial charge in [-0.1, -0.05) is 0 Å². The maximum absolute atomic E-state index is 13.0. The maximum Gasteiger partial charge on any atom is 0.257 e. The lowest BCUT2D eigenvalue weighted by molar-refractivity contribution is 0.102. The number of halogens is 2. The molecule has 3 aromatic rings. The average Bonchev–Trinajstić information content (AvgIpc) is 3.10. The molecule has 0 atom stereocenters. The van der Waals surface area contributed by atoms with Gasteiger partial charge in [-0.15, -0.1) is 0 Å². The number of hydrogen-bond donors (Lipinski definition) is 1. The molecule has 26 heavy (non-hydrogen) atoms. The summed E-state index contributed by atoms with van der Waals surface area (Å²) in [7, 11) is 3.00. The lowest BCUT2D eigenvalue weighted by Crippen LogP contribution is -2.12. The van der Waals surface area contributed by atoms with E-state index in [1.165, 1.54) is 26.4 Å². The summed E-state index contributed by atoms with van der Waals surface area (Å²) in [6.07, 6.45) is 0. The van der Waals surface area contributed by atoms with Crippen molar-refractivity contribution in [1.29, 1.82) is 0 Å². The van der Waals surface area contributed by atoms with Crippen LogP contribution in [0, 0.1) is 5.82 Å². The lowest BCUT2D eigenvalue weighted by atomic mass is 10.2. The molecule has 1 aromatic heterocycles. The third-order valence-electron chi connectivity index (χ3n) is 3.46. The van der Waals surface area contributed by atoms with E-state index < -0.39 is 0 Å². The highest BCUT2D eigenvalue weighted by Crippen LogP contribution is 2.35. The van der Waals surface area contributed by atoms with Gasteiger partial charge in [0.1, 0.15) is 21.8 Å². The Morgan fingerprint density at radius 3 is 2.35 bits per heavy atom. The third kappa shape index (κ3) is 3.83. The molecular weight excluding hydrogens is 425 g/mol.